The zero-order chi connectivity index (χ0) is 73.7. The Balaban J connectivity index is 0.000000392. The van der Waals surface area contributed by atoms with Gasteiger partial charge in [0.2, 0.25) is 11.8 Å². The Labute approximate surface area is 637 Å². The standard InChI is InChI=1S/C32H54BrN5O11S2.C28H54N4O10S.C4H2BrNO2S/c33-31-36-23-27(51-31)30(40)35-6-8-43-10-12-45-14-16-47-18-20-49-22-21-48-19-17-46-15-13-44-11-9-42-7-5-34-28(39)4-2-1-3-26-29-25(24-50-26)37-32(41)38-29;29-5-7-35-9-11-37-13-15-39-17-19-41-21-22-42-20-18-40-16-14-38-12-10-36-8-6-30-26(33)4-2-1-3-25-27-24(23-43-25)31-28(34)32-27;5-4-6-1-2(9-4)3(7)8/h23,25-26,29H,1-22,24H2,(H,34,39)(H,35,40)(H2,37,38,41);24-25,27H,1-23,29H2,(H,30,33)(H2,31,32,34);1H,(H,7,8)/t25-,26-,29-;24-,25-,27-;/m00./s1. The summed E-state index contributed by atoms with van der Waals surface area (Å²) < 4.78 is 88.4. The number of aromatic nitrogens is 2. The number of ether oxygens (including phenoxy) is 16. The summed E-state index contributed by atoms with van der Waals surface area (Å²) in [6, 6.07) is 0.820. The third-order valence-electron chi connectivity index (χ3n) is 14.7. The Morgan fingerprint density at radius 1 is 0.417 bits per heavy atom. The van der Waals surface area contributed by atoms with Crippen LogP contribution in [0.3, 0.4) is 0 Å². The molecule has 592 valence electrons. The second kappa shape index (κ2) is 63.6. The van der Waals surface area contributed by atoms with Gasteiger partial charge in [-0.3, -0.25) is 14.4 Å². The van der Waals surface area contributed by atoms with Crippen molar-refractivity contribution >= 4 is 114 Å². The molecule has 0 radical (unpaired) electrons. The zero-order valence-corrected chi connectivity index (χ0v) is 65.4. The second-order valence-corrected chi connectivity index (χ2v) is 29.7. The molecule has 4 saturated heterocycles. The van der Waals surface area contributed by atoms with Gasteiger partial charge in [0.05, 0.1) is 248 Å². The van der Waals surface area contributed by atoms with Gasteiger partial charge in [0.25, 0.3) is 5.91 Å². The number of fused-ring (bicyclic) bond motifs is 2. The van der Waals surface area contributed by atoms with E-state index in [1.54, 1.807) is 0 Å². The van der Waals surface area contributed by atoms with Crippen molar-refractivity contribution in [2.45, 2.75) is 86.0 Å². The maximum absolute atomic E-state index is 12.0. The molecule has 0 aliphatic carbocycles. The summed E-state index contributed by atoms with van der Waals surface area (Å²) in [6.45, 7) is 17.4. The Hall–Kier alpha value is -3.34. The summed E-state index contributed by atoms with van der Waals surface area (Å²) in [4.78, 5) is 77.4. The van der Waals surface area contributed by atoms with E-state index >= 15 is 0 Å². The van der Waals surface area contributed by atoms with E-state index in [2.05, 4.69) is 79.0 Å². The number of hydrogen-bond donors (Lipinski definition) is 9. The van der Waals surface area contributed by atoms with Crippen molar-refractivity contribution in [2.24, 2.45) is 5.73 Å². The lowest BCUT2D eigenvalue weighted by molar-refractivity contribution is -0.122. The SMILES string of the molecule is NCCOCCOCCOCCOCCOCCOCCOCCOCCNC(=O)CCCC[C@@H]1SC[C@@H]2NC(=O)N[C@@H]21.O=C(CCCC[C@@H]1SC[C@@H]2NC(=O)N[C@@H]21)NCCOCCOCCOCCOCCOCCOCCOCCOCCNC(=O)c1cnc(Br)s1.O=C(O)c1cnc(Br)s1. The number of urea groups is 2. The average Bonchev–Trinajstić information content (AvgIpc) is 1.68. The number of amides is 7. The average molecular weight is 1680 g/mol. The van der Waals surface area contributed by atoms with E-state index in [9.17, 15) is 28.8 Å². The number of unbranched alkanes of at least 4 members (excludes halogenated alkanes) is 2. The molecule has 7 amide bonds. The molecule has 33 nitrogen and oxygen atoms in total. The summed E-state index contributed by atoms with van der Waals surface area (Å²) in [7, 11) is 0. The van der Waals surface area contributed by atoms with Crippen LogP contribution >= 0.6 is 78.1 Å². The number of carboxylic acid groups (broad SMARTS) is 1. The number of hydrogen-bond acceptors (Lipinski definition) is 29. The predicted molar refractivity (Wildman–Crippen MR) is 395 cm³/mol. The predicted octanol–water partition coefficient (Wildman–Crippen LogP) is 3.13. The molecule has 39 heteroatoms. The Morgan fingerprint density at radius 2 is 0.699 bits per heavy atom. The van der Waals surface area contributed by atoms with Gasteiger partial charge in [-0.05, 0) is 57.5 Å². The highest BCUT2D eigenvalue weighted by Gasteiger charge is 2.43. The molecule has 0 aromatic carbocycles. The van der Waals surface area contributed by atoms with Crippen LogP contribution in [0.15, 0.2) is 20.2 Å². The molecule has 0 unspecified atom stereocenters. The van der Waals surface area contributed by atoms with E-state index in [0.717, 1.165) is 61.4 Å². The highest BCUT2D eigenvalue weighted by Crippen LogP contribution is 2.34. The van der Waals surface area contributed by atoms with Crippen molar-refractivity contribution < 1.29 is 110 Å². The number of nitrogens with two attached hydrogens (primary N) is 1. The molecule has 0 bridgehead atoms. The third kappa shape index (κ3) is 48.6. The number of carbonyl (C=O) groups is 6. The Bertz CT molecular complexity index is 2510. The van der Waals surface area contributed by atoms with Gasteiger partial charge in [-0.1, -0.05) is 12.8 Å². The third-order valence-corrected chi connectivity index (χ3v) is 20.6. The van der Waals surface area contributed by atoms with Crippen LogP contribution in [0, 0.1) is 0 Å². The molecular weight excluding hydrogens is 1560 g/mol. The smallest absolute Gasteiger partial charge is 0.347 e. The fourth-order valence-electron chi connectivity index (χ4n) is 9.65. The molecule has 103 heavy (non-hydrogen) atoms. The molecule has 2 aromatic rings. The van der Waals surface area contributed by atoms with Crippen LogP contribution in [0.2, 0.25) is 0 Å². The molecular formula is C64H110Br2N10O23S4. The fourth-order valence-corrected chi connectivity index (χ4v) is 15.0. The first-order chi connectivity index (χ1) is 50.4. The molecule has 6 heterocycles. The van der Waals surface area contributed by atoms with Crippen LogP contribution < -0.4 is 43.0 Å². The van der Waals surface area contributed by atoms with Gasteiger partial charge >= 0.3 is 18.0 Å². The minimum absolute atomic E-state index is 0.0402. The lowest BCUT2D eigenvalue weighted by Crippen LogP contribution is -2.36. The fraction of sp³-hybridized carbons (Fsp3) is 0.812. The van der Waals surface area contributed by atoms with Gasteiger partial charge in [-0.25, -0.2) is 24.4 Å². The van der Waals surface area contributed by atoms with Gasteiger partial charge in [0, 0.05) is 61.0 Å². The number of nitrogens with one attached hydrogen (secondary N) is 7. The van der Waals surface area contributed by atoms with Crippen LogP contribution in [0.25, 0.3) is 0 Å². The van der Waals surface area contributed by atoms with Gasteiger partial charge in [0.1, 0.15) is 9.75 Å². The number of aromatic carboxylic acids is 1. The summed E-state index contributed by atoms with van der Waals surface area (Å²) >= 11 is 12.5. The molecule has 4 aliphatic rings. The van der Waals surface area contributed by atoms with Gasteiger partial charge in [-0.15, -0.1) is 22.7 Å². The van der Waals surface area contributed by atoms with Crippen molar-refractivity contribution in [1.29, 1.82) is 0 Å². The van der Waals surface area contributed by atoms with Crippen molar-refractivity contribution in [3.8, 4) is 0 Å². The molecule has 6 rings (SSSR count). The van der Waals surface area contributed by atoms with Crippen LogP contribution in [0.4, 0.5) is 9.59 Å². The van der Waals surface area contributed by atoms with Gasteiger partial charge in [-0.2, -0.15) is 23.5 Å². The van der Waals surface area contributed by atoms with Crippen molar-refractivity contribution in [3.05, 3.63) is 30.0 Å². The monoisotopic (exact) mass is 1670 g/mol. The number of thioether (sulfide) groups is 2. The zero-order valence-electron chi connectivity index (χ0n) is 58.9. The number of nitrogens with zero attached hydrogens (tertiary/aromatic N) is 2. The van der Waals surface area contributed by atoms with Crippen molar-refractivity contribution in [1.82, 2.24) is 47.2 Å². The maximum atomic E-state index is 12.0. The van der Waals surface area contributed by atoms with Crippen LogP contribution in [-0.4, -0.2) is 335 Å². The number of carbonyl (C=O) groups excluding carboxylic acids is 5. The quantitative estimate of drug-likeness (QED) is 0.0339. The highest BCUT2D eigenvalue weighted by atomic mass is 79.9. The largest absolute Gasteiger partial charge is 0.477 e. The van der Waals surface area contributed by atoms with Gasteiger partial charge < -0.3 is 124 Å². The normalized spacial score (nSPS) is 17.9. The van der Waals surface area contributed by atoms with Crippen LogP contribution in [-0.2, 0) is 85.4 Å². The van der Waals surface area contributed by atoms with E-state index < -0.39 is 5.97 Å². The van der Waals surface area contributed by atoms with E-state index in [-0.39, 0.29) is 58.8 Å². The number of halogens is 2. The van der Waals surface area contributed by atoms with E-state index in [1.165, 1.54) is 23.7 Å². The minimum atomic E-state index is -0.932. The molecule has 0 saturated carbocycles. The van der Waals surface area contributed by atoms with E-state index in [1.807, 2.05) is 23.5 Å². The highest BCUT2D eigenvalue weighted by molar-refractivity contribution is 9.11. The van der Waals surface area contributed by atoms with Gasteiger partial charge in [0.15, 0.2) is 7.83 Å². The lowest BCUT2D eigenvalue weighted by Gasteiger charge is -2.16. The lowest BCUT2D eigenvalue weighted by atomic mass is 10.0. The number of rotatable bonds is 65. The first kappa shape index (κ1) is 92.0. The summed E-state index contributed by atoms with van der Waals surface area (Å²) in [5.74, 6) is 0.911. The minimum Gasteiger partial charge on any atom is -0.477 e. The molecule has 2 aromatic heterocycles. The topological polar surface area (TPSA) is 406 Å². The maximum Gasteiger partial charge on any atom is 0.347 e. The molecule has 4 fully saturated rings. The van der Waals surface area contributed by atoms with Crippen LogP contribution in [0.5, 0.6) is 0 Å². The van der Waals surface area contributed by atoms with Crippen molar-refractivity contribution in [3.63, 3.8) is 0 Å². The molecule has 10 N–H and O–H groups in total. The van der Waals surface area contributed by atoms with E-state index in [4.69, 9.17) is 86.6 Å². The number of thiazole rings is 2. The van der Waals surface area contributed by atoms with Crippen molar-refractivity contribution in [2.75, 3.05) is 249 Å². The molecule has 6 atom stereocenters. The summed E-state index contributed by atoms with van der Waals surface area (Å²) in [5, 5.41) is 29.7. The first-order valence-corrected chi connectivity index (χ1v) is 40.3. The van der Waals surface area contributed by atoms with Crippen LogP contribution in [0.1, 0.15) is 70.7 Å². The summed E-state index contributed by atoms with van der Waals surface area (Å²) in [5.41, 5.74) is 5.33. The number of carboxylic acids is 1. The Kier molecular flexibility index (Phi) is 56.8. The molecule has 4 aliphatic heterocycles. The second-order valence-electron chi connectivity index (χ2n) is 22.5. The Morgan fingerprint density at radius 3 is 0.971 bits per heavy atom. The molecule has 0 spiro atoms. The van der Waals surface area contributed by atoms with E-state index in [0.29, 0.717) is 274 Å². The first-order valence-electron chi connectivity index (χ1n) is 35.0. The summed E-state index contributed by atoms with van der Waals surface area (Å²) in [6.07, 6.45) is 9.53.